The topological polar surface area (TPSA) is 103 Å². The molecule has 0 N–H and O–H groups in total. The summed E-state index contributed by atoms with van der Waals surface area (Å²) in [4.78, 5) is 18.6. The SMILES string of the molecule is O=C(c1ccoc1)N1CCC(n2cc(-c3nc(-c4ccccc4)no3)nn2)C1. The van der Waals surface area contributed by atoms with Crippen LogP contribution in [0.4, 0.5) is 0 Å². The Labute approximate surface area is 159 Å². The van der Waals surface area contributed by atoms with Gasteiger partial charge in [0, 0.05) is 18.7 Å². The Balaban J connectivity index is 1.31. The van der Waals surface area contributed by atoms with E-state index in [0.29, 0.717) is 36.1 Å². The van der Waals surface area contributed by atoms with Crippen molar-refractivity contribution in [3.05, 3.63) is 60.7 Å². The molecule has 9 heteroatoms. The molecule has 1 saturated heterocycles. The van der Waals surface area contributed by atoms with E-state index in [1.807, 2.05) is 30.3 Å². The molecule has 0 aliphatic carbocycles. The summed E-state index contributed by atoms with van der Waals surface area (Å²) in [5, 5.41) is 12.4. The Morgan fingerprint density at radius 1 is 1.18 bits per heavy atom. The lowest BCUT2D eigenvalue weighted by atomic mass is 10.2. The Kier molecular flexibility index (Phi) is 3.97. The van der Waals surface area contributed by atoms with Gasteiger partial charge in [-0.05, 0) is 12.5 Å². The van der Waals surface area contributed by atoms with Crippen LogP contribution in [0.3, 0.4) is 0 Å². The summed E-state index contributed by atoms with van der Waals surface area (Å²) >= 11 is 0. The minimum atomic E-state index is -0.0407. The van der Waals surface area contributed by atoms with E-state index in [1.165, 1.54) is 12.5 Å². The monoisotopic (exact) mass is 376 g/mol. The average Bonchev–Trinajstić information content (AvgIpc) is 3.54. The first-order valence-corrected chi connectivity index (χ1v) is 8.91. The fraction of sp³-hybridized carbons (Fsp3) is 0.211. The molecule has 1 aliphatic heterocycles. The molecular weight excluding hydrogens is 360 g/mol. The summed E-state index contributed by atoms with van der Waals surface area (Å²) in [7, 11) is 0. The molecule has 28 heavy (non-hydrogen) atoms. The molecule has 5 rings (SSSR count). The third kappa shape index (κ3) is 2.96. The van der Waals surface area contributed by atoms with E-state index in [-0.39, 0.29) is 11.9 Å². The first kappa shape index (κ1) is 16.4. The maximum atomic E-state index is 12.4. The van der Waals surface area contributed by atoms with Gasteiger partial charge < -0.3 is 13.8 Å². The molecule has 1 atom stereocenters. The predicted octanol–water partition coefficient (Wildman–Crippen LogP) is 2.68. The van der Waals surface area contributed by atoms with Crippen molar-refractivity contribution in [2.45, 2.75) is 12.5 Å². The van der Waals surface area contributed by atoms with E-state index in [4.69, 9.17) is 8.94 Å². The molecule has 1 amide bonds. The Morgan fingerprint density at radius 2 is 2.07 bits per heavy atom. The molecule has 0 radical (unpaired) electrons. The number of amides is 1. The highest BCUT2D eigenvalue weighted by Crippen LogP contribution is 2.25. The van der Waals surface area contributed by atoms with Crippen molar-refractivity contribution in [1.29, 1.82) is 0 Å². The molecule has 1 fully saturated rings. The zero-order chi connectivity index (χ0) is 18.9. The summed E-state index contributed by atoms with van der Waals surface area (Å²) < 4.78 is 12.1. The Hall–Kier alpha value is -3.75. The van der Waals surface area contributed by atoms with E-state index in [9.17, 15) is 4.79 Å². The molecule has 4 aromatic rings. The van der Waals surface area contributed by atoms with Crippen molar-refractivity contribution in [3.63, 3.8) is 0 Å². The number of carbonyl (C=O) groups is 1. The van der Waals surface area contributed by atoms with Crippen LogP contribution in [0.2, 0.25) is 0 Å². The van der Waals surface area contributed by atoms with E-state index in [2.05, 4.69) is 20.5 Å². The maximum absolute atomic E-state index is 12.4. The van der Waals surface area contributed by atoms with Gasteiger partial charge in [-0.1, -0.05) is 40.7 Å². The van der Waals surface area contributed by atoms with Gasteiger partial charge in [0.15, 0.2) is 5.69 Å². The molecule has 1 unspecified atom stereocenters. The summed E-state index contributed by atoms with van der Waals surface area (Å²) in [6.45, 7) is 1.22. The minimum absolute atomic E-state index is 0.0407. The lowest BCUT2D eigenvalue weighted by Crippen LogP contribution is -2.28. The fourth-order valence-electron chi connectivity index (χ4n) is 3.30. The molecule has 0 bridgehead atoms. The van der Waals surface area contributed by atoms with E-state index in [0.717, 1.165) is 12.0 Å². The molecule has 0 saturated carbocycles. The van der Waals surface area contributed by atoms with Gasteiger partial charge in [-0.2, -0.15) is 4.98 Å². The number of hydrogen-bond acceptors (Lipinski definition) is 7. The third-order valence-corrected chi connectivity index (χ3v) is 4.78. The molecule has 1 aromatic carbocycles. The predicted molar refractivity (Wildman–Crippen MR) is 97.0 cm³/mol. The average molecular weight is 376 g/mol. The van der Waals surface area contributed by atoms with Crippen LogP contribution >= 0.6 is 0 Å². The van der Waals surface area contributed by atoms with Gasteiger partial charge >= 0.3 is 0 Å². The molecule has 3 aromatic heterocycles. The van der Waals surface area contributed by atoms with Crippen LogP contribution in [0.15, 0.2) is 64.1 Å². The first-order valence-electron chi connectivity index (χ1n) is 8.91. The highest BCUT2D eigenvalue weighted by molar-refractivity contribution is 5.94. The standard InChI is InChI=1S/C19H16N6O3/c26-19(14-7-9-27-12-14)24-8-6-15(10-24)25-11-16(21-23-25)18-20-17(22-28-18)13-4-2-1-3-5-13/h1-5,7,9,11-12,15H,6,8,10H2. The largest absolute Gasteiger partial charge is 0.472 e. The van der Waals surface area contributed by atoms with Crippen molar-refractivity contribution < 1.29 is 13.7 Å². The smallest absolute Gasteiger partial charge is 0.280 e. The minimum Gasteiger partial charge on any atom is -0.472 e. The molecule has 9 nitrogen and oxygen atoms in total. The highest BCUT2D eigenvalue weighted by atomic mass is 16.5. The van der Waals surface area contributed by atoms with Crippen LogP contribution in [0.25, 0.3) is 23.0 Å². The van der Waals surface area contributed by atoms with E-state index in [1.54, 1.807) is 21.8 Å². The zero-order valence-electron chi connectivity index (χ0n) is 14.8. The second-order valence-corrected chi connectivity index (χ2v) is 6.58. The number of benzene rings is 1. The van der Waals surface area contributed by atoms with E-state index >= 15 is 0 Å². The number of furan rings is 1. The molecule has 4 heterocycles. The van der Waals surface area contributed by atoms with Gasteiger partial charge in [0.05, 0.1) is 24.1 Å². The second kappa shape index (κ2) is 6.76. The Bertz CT molecular complexity index is 1090. The van der Waals surface area contributed by atoms with Crippen LogP contribution in [-0.4, -0.2) is 49.0 Å². The number of rotatable bonds is 4. The number of likely N-dealkylation sites (tertiary alicyclic amines) is 1. The maximum Gasteiger partial charge on any atom is 0.280 e. The lowest BCUT2D eigenvalue weighted by molar-refractivity contribution is 0.0786. The quantitative estimate of drug-likeness (QED) is 0.539. The van der Waals surface area contributed by atoms with Gasteiger partial charge in [-0.25, -0.2) is 4.68 Å². The third-order valence-electron chi connectivity index (χ3n) is 4.78. The highest BCUT2D eigenvalue weighted by Gasteiger charge is 2.29. The molecule has 1 aliphatic rings. The normalized spacial score (nSPS) is 16.6. The number of carbonyl (C=O) groups excluding carboxylic acids is 1. The van der Waals surface area contributed by atoms with Gasteiger partial charge in [-0.15, -0.1) is 5.10 Å². The van der Waals surface area contributed by atoms with Gasteiger partial charge in [0.25, 0.3) is 11.8 Å². The molecular formula is C19H16N6O3. The van der Waals surface area contributed by atoms with Crippen LogP contribution in [0.1, 0.15) is 22.8 Å². The van der Waals surface area contributed by atoms with Crippen LogP contribution < -0.4 is 0 Å². The second-order valence-electron chi connectivity index (χ2n) is 6.58. The van der Waals surface area contributed by atoms with Crippen molar-refractivity contribution in [1.82, 2.24) is 30.0 Å². The summed E-state index contributed by atoms with van der Waals surface area (Å²) in [5.41, 5.74) is 1.93. The number of hydrogen-bond donors (Lipinski definition) is 0. The van der Waals surface area contributed by atoms with Crippen molar-refractivity contribution in [3.8, 4) is 23.0 Å². The first-order chi connectivity index (χ1) is 13.8. The summed E-state index contributed by atoms with van der Waals surface area (Å²) in [6.07, 6.45) is 5.53. The lowest BCUT2D eigenvalue weighted by Gasteiger charge is -2.15. The fourth-order valence-corrected chi connectivity index (χ4v) is 3.30. The van der Waals surface area contributed by atoms with Crippen molar-refractivity contribution in [2.75, 3.05) is 13.1 Å². The van der Waals surface area contributed by atoms with E-state index < -0.39 is 0 Å². The van der Waals surface area contributed by atoms with Crippen LogP contribution in [0.5, 0.6) is 0 Å². The van der Waals surface area contributed by atoms with Crippen molar-refractivity contribution >= 4 is 5.91 Å². The summed E-state index contributed by atoms with van der Waals surface area (Å²) in [5.74, 6) is 0.776. The summed E-state index contributed by atoms with van der Waals surface area (Å²) in [6, 6.07) is 11.3. The van der Waals surface area contributed by atoms with Crippen LogP contribution in [-0.2, 0) is 0 Å². The Morgan fingerprint density at radius 3 is 2.89 bits per heavy atom. The zero-order valence-corrected chi connectivity index (χ0v) is 14.8. The van der Waals surface area contributed by atoms with Crippen molar-refractivity contribution in [2.24, 2.45) is 0 Å². The number of nitrogens with zero attached hydrogens (tertiary/aromatic N) is 6. The van der Waals surface area contributed by atoms with Gasteiger partial charge in [-0.3, -0.25) is 4.79 Å². The number of aromatic nitrogens is 5. The molecule has 140 valence electrons. The van der Waals surface area contributed by atoms with Gasteiger partial charge in [0.2, 0.25) is 5.82 Å². The van der Waals surface area contributed by atoms with Gasteiger partial charge in [0.1, 0.15) is 6.26 Å². The molecule has 0 spiro atoms. The van der Waals surface area contributed by atoms with Crippen LogP contribution in [0, 0.1) is 0 Å².